The van der Waals surface area contributed by atoms with Gasteiger partial charge in [0.05, 0.1) is 7.11 Å². The lowest BCUT2D eigenvalue weighted by Gasteiger charge is -1.96. The van der Waals surface area contributed by atoms with Gasteiger partial charge in [-0.1, -0.05) is 0 Å². The lowest BCUT2D eigenvalue weighted by atomic mass is 10.7. The number of carbonyl (C=O) groups is 1. The van der Waals surface area contributed by atoms with Crippen molar-refractivity contribution >= 4 is 6.03 Å². The molecule has 0 aromatic carbocycles. The van der Waals surface area contributed by atoms with Crippen LogP contribution in [0.1, 0.15) is 6.92 Å². The first-order valence-electron chi connectivity index (χ1n) is 3.65. The Kier molecular flexibility index (Phi) is 2.36. The van der Waals surface area contributed by atoms with Crippen LogP contribution < -0.4 is 16.2 Å². The van der Waals surface area contributed by atoms with Crippen molar-refractivity contribution in [2.24, 2.45) is 5.73 Å². The van der Waals surface area contributed by atoms with Crippen molar-refractivity contribution in [3.05, 3.63) is 10.5 Å². The number of ether oxygens (including phenoxy) is 1. The van der Waals surface area contributed by atoms with E-state index in [-0.39, 0.29) is 6.01 Å². The quantitative estimate of drug-likeness (QED) is 0.641. The fourth-order valence-corrected chi connectivity index (χ4v) is 0.944. The van der Waals surface area contributed by atoms with Crippen molar-refractivity contribution in [2.75, 3.05) is 7.11 Å². The minimum Gasteiger partial charge on any atom is -0.467 e. The number of methoxy groups -OCH3 is 1. The van der Waals surface area contributed by atoms with Gasteiger partial charge in [-0.25, -0.2) is 14.2 Å². The van der Waals surface area contributed by atoms with Crippen molar-refractivity contribution < 1.29 is 9.53 Å². The molecule has 0 aliphatic heterocycles. The molecule has 1 aromatic heterocycles. The Balaban J connectivity index is 3.35. The molecule has 0 spiro atoms. The Hall–Kier alpha value is -1.79. The van der Waals surface area contributed by atoms with E-state index in [2.05, 4.69) is 5.10 Å². The maximum Gasteiger partial charge on any atom is 0.357 e. The van der Waals surface area contributed by atoms with Crippen LogP contribution in [-0.2, 0) is 6.54 Å². The maximum atomic E-state index is 11.3. The number of hydrogen-bond donors (Lipinski definition) is 1. The molecule has 0 aliphatic rings. The summed E-state index contributed by atoms with van der Waals surface area (Å²) < 4.78 is 6.53. The minimum absolute atomic E-state index is 0.0753. The predicted molar refractivity (Wildman–Crippen MR) is 43.7 cm³/mol. The number of amides is 1. The summed E-state index contributed by atoms with van der Waals surface area (Å²) in [4.78, 5) is 22.0. The molecule has 72 valence electrons. The molecule has 0 saturated carbocycles. The second kappa shape index (κ2) is 3.30. The molecule has 1 rings (SSSR count). The molecule has 1 heterocycles. The molecule has 13 heavy (non-hydrogen) atoms. The van der Waals surface area contributed by atoms with Crippen molar-refractivity contribution in [2.45, 2.75) is 13.5 Å². The lowest BCUT2D eigenvalue weighted by Crippen LogP contribution is -2.33. The highest BCUT2D eigenvalue weighted by Crippen LogP contribution is 2.00. The van der Waals surface area contributed by atoms with Crippen molar-refractivity contribution in [1.29, 1.82) is 0 Å². The Morgan fingerprint density at radius 3 is 2.62 bits per heavy atom. The van der Waals surface area contributed by atoms with Crippen LogP contribution in [0.25, 0.3) is 0 Å². The Bertz CT molecular complexity index is 378. The molecule has 0 saturated heterocycles. The molecule has 7 heteroatoms. The van der Waals surface area contributed by atoms with Crippen molar-refractivity contribution in [3.8, 4) is 6.01 Å². The smallest absolute Gasteiger partial charge is 0.357 e. The average Bonchev–Trinajstić information content (AvgIpc) is 2.41. The van der Waals surface area contributed by atoms with E-state index >= 15 is 0 Å². The number of nitrogens with two attached hydrogens (primary N) is 1. The zero-order valence-corrected chi connectivity index (χ0v) is 7.35. The van der Waals surface area contributed by atoms with E-state index in [1.54, 1.807) is 6.92 Å². The van der Waals surface area contributed by atoms with Crippen LogP contribution in [-0.4, -0.2) is 27.5 Å². The standard InChI is InChI=1S/C6H10N4O3/c1-3-9-5(13-2)8-10(4(7)11)6(9)12/h3H2,1-2H3,(H2,7,11). The molecule has 0 radical (unpaired) electrons. The molecule has 1 amide bonds. The number of rotatable bonds is 2. The van der Waals surface area contributed by atoms with E-state index in [4.69, 9.17) is 10.5 Å². The van der Waals surface area contributed by atoms with E-state index < -0.39 is 11.7 Å². The van der Waals surface area contributed by atoms with Gasteiger partial charge in [0.2, 0.25) is 0 Å². The molecule has 7 nitrogen and oxygen atoms in total. The lowest BCUT2D eigenvalue weighted by molar-refractivity contribution is 0.246. The first kappa shape index (κ1) is 9.30. The van der Waals surface area contributed by atoms with Gasteiger partial charge in [-0.05, 0) is 6.92 Å². The van der Waals surface area contributed by atoms with E-state index in [9.17, 15) is 9.59 Å². The molecule has 0 fully saturated rings. The minimum atomic E-state index is -0.921. The molecule has 1 aromatic rings. The van der Waals surface area contributed by atoms with Gasteiger partial charge in [0.15, 0.2) is 0 Å². The summed E-state index contributed by atoms with van der Waals surface area (Å²) in [6, 6.07) is -0.846. The van der Waals surface area contributed by atoms with E-state index in [0.29, 0.717) is 11.2 Å². The maximum absolute atomic E-state index is 11.3. The second-order valence-corrected chi connectivity index (χ2v) is 2.26. The zero-order chi connectivity index (χ0) is 10.0. The third-order valence-corrected chi connectivity index (χ3v) is 1.54. The fourth-order valence-electron chi connectivity index (χ4n) is 0.944. The van der Waals surface area contributed by atoms with Gasteiger partial charge in [0, 0.05) is 6.54 Å². The molecule has 0 unspecified atom stereocenters. The number of carbonyl (C=O) groups excluding carboxylic acids is 1. The number of primary amides is 1. The second-order valence-electron chi connectivity index (χ2n) is 2.26. The topological polar surface area (TPSA) is 92.1 Å². The first-order chi connectivity index (χ1) is 6.11. The molecular formula is C6H10N4O3. The number of nitrogens with zero attached hydrogens (tertiary/aromatic N) is 3. The van der Waals surface area contributed by atoms with Gasteiger partial charge in [-0.15, -0.1) is 9.78 Å². The summed E-state index contributed by atoms with van der Waals surface area (Å²) in [5.74, 6) is 0. The molecule has 2 N–H and O–H groups in total. The summed E-state index contributed by atoms with van der Waals surface area (Å²) in [6.07, 6.45) is 0. The highest BCUT2D eigenvalue weighted by Gasteiger charge is 2.14. The zero-order valence-electron chi connectivity index (χ0n) is 7.35. The van der Waals surface area contributed by atoms with E-state index in [1.807, 2.05) is 0 Å². The molecular weight excluding hydrogens is 176 g/mol. The number of hydrogen-bond acceptors (Lipinski definition) is 4. The van der Waals surface area contributed by atoms with Gasteiger partial charge in [0.1, 0.15) is 0 Å². The Morgan fingerprint density at radius 2 is 2.31 bits per heavy atom. The Morgan fingerprint density at radius 1 is 1.69 bits per heavy atom. The van der Waals surface area contributed by atoms with Gasteiger partial charge in [0.25, 0.3) is 0 Å². The SMILES string of the molecule is CCn1c(OC)nn(C(N)=O)c1=O. The average molecular weight is 186 g/mol. The normalized spacial score (nSPS) is 10.0. The monoisotopic (exact) mass is 186 g/mol. The van der Waals surface area contributed by atoms with Crippen LogP contribution in [0.5, 0.6) is 6.01 Å². The molecule has 0 atom stereocenters. The number of aromatic nitrogens is 3. The van der Waals surface area contributed by atoms with Crippen LogP contribution >= 0.6 is 0 Å². The molecule has 0 bridgehead atoms. The van der Waals surface area contributed by atoms with Crippen molar-refractivity contribution in [3.63, 3.8) is 0 Å². The van der Waals surface area contributed by atoms with Gasteiger partial charge in [-0.2, -0.15) is 0 Å². The van der Waals surface area contributed by atoms with Crippen LogP contribution in [0.2, 0.25) is 0 Å². The van der Waals surface area contributed by atoms with Gasteiger partial charge >= 0.3 is 17.7 Å². The summed E-state index contributed by atoms with van der Waals surface area (Å²) in [5.41, 5.74) is 4.31. The summed E-state index contributed by atoms with van der Waals surface area (Å²) >= 11 is 0. The van der Waals surface area contributed by atoms with E-state index in [1.165, 1.54) is 11.7 Å². The van der Waals surface area contributed by atoms with Crippen LogP contribution in [0, 0.1) is 0 Å². The van der Waals surface area contributed by atoms with Crippen molar-refractivity contribution in [1.82, 2.24) is 14.3 Å². The van der Waals surface area contributed by atoms with Gasteiger partial charge in [-0.3, -0.25) is 0 Å². The Labute approximate surface area is 73.7 Å². The van der Waals surface area contributed by atoms with Crippen LogP contribution in [0.15, 0.2) is 4.79 Å². The fraction of sp³-hybridized carbons (Fsp3) is 0.500. The van der Waals surface area contributed by atoms with E-state index in [0.717, 1.165) is 0 Å². The summed E-state index contributed by atoms with van der Waals surface area (Å²) in [6.45, 7) is 2.10. The van der Waals surface area contributed by atoms with Crippen LogP contribution in [0.4, 0.5) is 4.79 Å². The molecule has 0 aliphatic carbocycles. The predicted octanol–water partition coefficient (Wildman–Crippen LogP) is -1.000. The van der Waals surface area contributed by atoms with Gasteiger partial charge < -0.3 is 10.5 Å². The first-order valence-corrected chi connectivity index (χ1v) is 3.65. The summed E-state index contributed by atoms with van der Waals surface area (Å²) in [5, 5.41) is 3.57. The van der Waals surface area contributed by atoms with Crippen LogP contribution in [0.3, 0.4) is 0 Å². The third-order valence-electron chi connectivity index (χ3n) is 1.54. The largest absolute Gasteiger partial charge is 0.467 e. The highest BCUT2D eigenvalue weighted by atomic mass is 16.5. The third kappa shape index (κ3) is 1.40. The highest BCUT2D eigenvalue weighted by molar-refractivity contribution is 5.73. The summed E-state index contributed by atoms with van der Waals surface area (Å²) in [7, 11) is 1.36.